The maximum absolute atomic E-state index is 14.5. The number of hydrogen-bond donors (Lipinski definition) is 2. The van der Waals surface area contributed by atoms with Crippen molar-refractivity contribution >= 4 is 17.5 Å². The number of ether oxygens (including phenoxy) is 2. The molecule has 1 aromatic carbocycles. The normalized spacial score (nSPS) is 20.8. The van der Waals surface area contributed by atoms with E-state index < -0.39 is 65.7 Å². The highest BCUT2D eigenvalue weighted by Crippen LogP contribution is 2.47. The highest BCUT2D eigenvalue weighted by atomic mass is 19.4. The molecule has 35 heavy (non-hydrogen) atoms. The first kappa shape index (κ1) is 25.9. The Labute approximate surface area is 195 Å². The van der Waals surface area contributed by atoms with Gasteiger partial charge in [-0.25, -0.2) is 9.38 Å². The summed E-state index contributed by atoms with van der Waals surface area (Å²) in [6.07, 6.45) is -4.90. The van der Waals surface area contributed by atoms with Crippen molar-refractivity contribution in [2.75, 3.05) is 25.2 Å². The summed E-state index contributed by atoms with van der Waals surface area (Å²) in [6, 6.07) is 2.12. The summed E-state index contributed by atoms with van der Waals surface area (Å²) in [5.74, 6) is -5.56. The van der Waals surface area contributed by atoms with Crippen LogP contribution in [0.3, 0.4) is 0 Å². The van der Waals surface area contributed by atoms with Gasteiger partial charge in [-0.05, 0) is 31.2 Å². The van der Waals surface area contributed by atoms with Crippen LogP contribution in [-0.4, -0.2) is 59.8 Å². The van der Waals surface area contributed by atoms with Gasteiger partial charge in [0.15, 0.2) is 17.2 Å². The van der Waals surface area contributed by atoms with Gasteiger partial charge in [-0.2, -0.15) is 22.3 Å². The number of hydrogen-bond acceptors (Lipinski definition) is 6. The summed E-state index contributed by atoms with van der Waals surface area (Å²) in [7, 11) is 0.820. The summed E-state index contributed by atoms with van der Waals surface area (Å²) in [5.41, 5.74) is 1.55. The summed E-state index contributed by atoms with van der Waals surface area (Å²) in [4.78, 5) is 29.2. The fraction of sp³-hybridized carbons (Fsp3) is 0.381. The number of methoxy groups -OCH3 is 1. The second-order valence-electron chi connectivity index (χ2n) is 7.62. The van der Waals surface area contributed by atoms with Crippen LogP contribution in [0.4, 0.5) is 27.6 Å². The lowest BCUT2D eigenvalue weighted by Gasteiger charge is -2.31. The average molecular weight is 504 g/mol. The fourth-order valence-corrected chi connectivity index (χ4v) is 3.78. The Bertz CT molecular complexity index is 1220. The highest BCUT2D eigenvalue weighted by molar-refractivity contribution is 5.91. The van der Waals surface area contributed by atoms with E-state index in [1.807, 2.05) is 0 Å². The number of carbonyl (C=O) groups is 2. The molecule has 2 atom stereocenters. The molecule has 1 fully saturated rings. The third-order valence-electron chi connectivity index (χ3n) is 5.55. The molecular weight excluding hydrogens is 483 g/mol. The van der Waals surface area contributed by atoms with E-state index in [-0.39, 0.29) is 17.7 Å². The van der Waals surface area contributed by atoms with Crippen LogP contribution in [0.1, 0.15) is 23.8 Å². The smallest absolute Gasteiger partial charge is 0.419 e. The molecule has 1 aromatic heterocycles. The topological polar surface area (TPSA) is 119 Å². The predicted octanol–water partition coefficient (Wildman–Crippen LogP) is 2.15. The molecule has 1 aliphatic heterocycles. The number of halogens is 5. The van der Waals surface area contributed by atoms with Gasteiger partial charge in [-0.1, -0.05) is 0 Å². The van der Waals surface area contributed by atoms with Crippen LogP contribution in [0.15, 0.2) is 35.5 Å². The van der Waals surface area contributed by atoms with E-state index in [1.54, 1.807) is 0 Å². The minimum atomic E-state index is -4.94. The first-order valence-corrected chi connectivity index (χ1v) is 10.1. The molecule has 0 saturated carbocycles. The molecule has 3 N–H and O–H groups in total. The van der Waals surface area contributed by atoms with E-state index in [0.29, 0.717) is 10.8 Å². The van der Waals surface area contributed by atoms with E-state index in [1.165, 1.54) is 6.92 Å². The van der Waals surface area contributed by atoms with E-state index in [4.69, 9.17) is 15.2 Å². The Morgan fingerprint density at radius 1 is 1.29 bits per heavy atom. The lowest BCUT2D eigenvalue weighted by Crippen LogP contribution is -2.49. The minimum Gasteiger partial charge on any atom is -0.489 e. The number of pyridine rings is 1. The van der Waals surface area contributed by atoms with Gasteiger partial charge in [-0.3, -0.25) is 9.59 Å². The third kappa shape index (κ3) is 4.78. The summed E-state index contributed by atoms with van der Waals surface area (Å²) in [6.45, 7) is 0.381. The van der Waals surface area contributed by atoms with Gasteiger partial charge in [0.1, 0.15) is 11.7 Å². The monoisotopic (exact) mass is 504 g/mol. The predicted molar refractivity (Wildman–Crippen MR) is 110 cm³/mol. The number of aromatic nitrogens is 1. The Balaban J connectivity index is 2.16. The van der Waals surface area contributed by atoms with E-state index in [2.05, 4.69) is 4.99 Å². The zero-order valence-electron chi connectivity index (χ0n) is 18.5. The van der Waals surface area contributed by atoms with Crippen molar-refractivity contribution in [3.8, 4) is 5.75 Å². The van der Waals surface area contributed by atoms with Gasteiger partial charge in [0.05, 0.1) is 24.2 Å². The molecule has 2 aromatic rings. The molecule has 0 aliphatic carbocycles. The maximum atomic E-state index is 14.5. The number of nitrogens with two attached hydrogens (primary N) is 1. The Morgan fingerprint density at radius 3 is 2.54 bits per heavy atom. The number of anilines is 1. The number of carbonyl (C=O) groups excluding carboxylic acids is 2. The molecular formula is C21H21F5N4O5. The van der Waals surface area contributed by atoms with Crippen LogP contribution in [0.2, 0.25) is 0 Å². The van der Waals surface area contributed by atoms with Crippen molar-refractivity contribution in [2.45, 2.75) is 31.2 Å². The lowest BCUT2D eigenvalue weighted by atomic mass is 9.99. The highest BCUT2D eigenvalue weighted by Gasteiger charge is 2.63. The zero-order chi connectivity index (χ0) is 26.1. The molecule has 14 heteroatoms. The average Bonchev–Trinajstić information content (AvgIpc) is 3.20. The first-order chi connectivity index (χ1) is 16.3. The summed E-state index contributed by atoms with van der Waals surface area (Å²) in [5, 5.41) is 9.43. The molecule has 190 valence electrons. The van der Waals surface area contributed by atoms with Crippen LogP contribution >= 0.6 is 0 Å². The van der Waals surface area contributed by atoms with Gasteiger partial charge in [-0.15, -0.1) is 0 Å². The van der Waals surface area contributed by atoms with Gasteiger partial charge in [0.2, 0.25) is 5.82 Å². The lowest BCUT2D eigenvalue weighted by molar-refractivity contribution is -0.261. The van der Waals surface area contributed by atoms with Crippen LogP contribution in [0, 0.1) is 11.6 Å². The van der Waals surface area contributed by atoms with Crippen molar-refractivity contribution in [2.24, 2.45) is 10.7 Å². The molecule has 1 aliphatic rings. The molecule has 0 radical (unpaired) electrons. The van der Waals surface area contributed by atoms with Crippen LogP contribution in [-0.2, 0) is 9.53 Å². The van der Waals surface area contributed by atoms with E-state index >= 15 is 0 Å². The van der Waals surface area contributed by atoms with Crippen LogP contribution in [0.25, 0.3) is 0 Å². The summed E-state index contributed by atoms with van der Waals surface area (Å²) < 4.78 is 80.7. The van der Waals surface area contributed by atoms with Crippen LogP contribution in [0.5, 0.6) is 5.75 Å². The Hall–Kier alpha value is -3.68. The molecule has 0 bridgehead atoms. The molecule has 1 saturated heterocycles. The SMILES string of the molecule is CCOc1c(N2C[C@](OC)(C(F)(F)F)C[C@H]2C(=O)N=c2ccn(O)c(C(N)=O)c2)ccc(F)c1F. The largest absolute Gasteiger partial charge is 0.489 e. The Morgan fingerprint density at radius 2 is 1.97 bits per heavy atom. The van der Waals surface area contributed by atoms with Crippen molar-refractivity contribution < 1.29 is 46.2 Å². The number of primary amides is 1. The fourth-order valence-electron chi connectivity index (χ4n) is 3.78. The Kier molecular flexibility index (Phi) is 7.06. The number of amides is 2. The maximum Gasteiger partial charge on any atom is 0.419 e. The standard InChI is InChI=1S/C21H21F5N4O5/c1-3-35-17-13(5-4-12(22)16(17)23)29-10-20(34-2,21(24,25)26)9-15(29)19(32)28-11-6-7-30(33)14(8-11)18(27)31/h4-8,15,33H,3,9-10H2,1-2H3,(H2,27,31)/t15-,20-/m0/s1. The number of benzene rings is 1. The zero-order valence-corrected chi connectivity index (χ0v) is 18.5. The third-order valence-corrected chi connectivity index (χ3v) is 5.55. The number of rotatable bonds is 6. The number of nitrogens with zero attached hydrogens (tertiary/aromatic N) is 3. The van der Waals surface area contributed by atoms with Gasteiger partial charge >= 0.3 is 6.18 Å². The summed E-state index contributed by atoms with van der Waals surface area (Å²) >= 11 is 0. The van der Waals surface area contributed by atoms with E-state index in [0.717, 1.165) is 36.4 Å². The van der Waals surface area contributed by atoms with Crippen molar-refractivity contribution in [1.29, 1.82) is 0 Å². The molecule has 0 spiro atoms. The van der Waals surface area contributed by atoms with E-state index in [9.17, 15) is 36.7 Å². The molecule has 0 unspecified atom stereocenters. The molecule has 2 amide bonds. The first-order valence-electron chi connectivity index (χ1n) is 10.1. The van der Waals surface area contributed by atoms with Gasteiger partial charge in [0, 0.05) is 19.7 Å². The number of alkyl halides is 3. The van der Waals surface area contributed by atoms with Crippen molar-refractivity contribution in [1.82, 2.24) is 4.73 Å². The van der Waals surface area contributed by atoms with Crippen molar-refractivity contribution in [3.05, 3.63) is 53.1 Å². The minimum absolute atomic E-state index is 0.139. The molecule has 9 nitrogen and oxygen atoms in total. The molecule has 2 heterocycles. The molecule has 3 rings (SSSR count). The van der Waals surface area contributed by atoms with Crippen LogP contribution < -0.4 is 20.7 Å². The quantitative estimate of drug-likeness (QED) is 0.460. The second kappa shape index (κ2) is 9.52. The van der Waals surface area contributed by atoms with Gasteiger partial charge < -0.3 is 25.3 Å². The van der Waals surface area contributed by atoms with Gasteiger partial charge in [0.25, 0.3) is 11.8 Å². The second-order valence-corrected chi connectivity index (χ2v) is 7.62. The van der Waals surface area contributed by atoms with Crippen molar-refractivity contribution in [3.63, 3.8) is 0 Å².